The number of carbonyl (C=O) groups is 2. The van der Waals surface area contributed by atoms with E-state index in [0.717, 1.165) is 50.0 Å². The maximum atomic E-state index is 12.0. The van der Waals surface area contributed by atoms with Crippen LogP contribution in [-0.4, -0.2) is 95.0 Å². The molecular weight excluding hydrogens is 1970 g/mol. The number of ether oxygens (including phenoxy) is 1. The van der Waals surface area contributed by atoms with Crippen LogP contribution in [0.5, 0.6) is 80.5 Å². The lowest BCUT2D eigenvalue weighted by Crippen LogP contribution is -2.23. The minimum Gasteiger partial charge on any atom is -0.508 e. The summed E-state index contributed by atoms with van der Waals surface area (Å²) in [6.07, 6.45) is 30.6. The number of aromatic hydroxyl groups is 13. The quantitative estimate of drug-likeness (QED) is 0.0101. The SMILES string of the molecule is C#C/C(C#N)=C(N)/C(C#N)=C/c1ccc2[nH]ccc2c1.C#C/C(C#N)=C/c1cc(O)c(O)c(O)c1.C#C/C(C#N)=C/c1ccc(O)c(O)c1.C/C(C#N)=C(N)/C(C#N)=C/c1ccc(O)cc1.C/C(C#N)=C/c1cc(Br)c(O)c(C(C)(C)C)c1.CC(=O)/C(C#N)=C/c1ccc(O)c(O)c1.CC(=S)/C(C#N)=C/c1ccc(O)c(O)c1.COc1ccc(C=C(C#N)C#N)cc1.N#C/C(=C\c1ccc(O)c(O)c1)C(=O)NCc1ccccc1. The van der Waals surface area contributed by atoms with Crippen molar-refractivity contribution >= 4 is 110 Å². The van der Waals surface area contributed by atoms with Crippen molar-refractivity contribution in [2.75, 3.05) is 7.11 Å². The zero-order valence-electron chi connectivity index (χ0n) is 80.6. The van der Waals surface area contributed by atoms with Crippen molar-refractivity contribution in [1.29, 1.82) is 63.1 Å². The van der Waals surface area contributed by atoms with Gasteiger partial charge in [0.05, 0.1) is 63.0 Å². The number of phenols is 13. The monoisotopic (exact) mass is 2060 g/mol. The summed E-state index contributed by atoms with van der Waals surface area (Å²) in [6, 6.07) is 75.5. The number of nitrogens with two attached hydrogens (primary N) is 2. The molecule has 0 saturated carbocycles. The van der Waals surface area contributed by atoms with E-state index >= 15 is 0 Å². The largest absolute Gasteiger partial charge is 0.508 e. The second-order valence-corrected chi connectivity index (χ2v) is 32.4. The van der Waals surface area contributed by atoms with E-state index in [9.17, 15) is 35.1 Å². The molecule has 11 aromatic rings. The normalized spacial score (nSPS) is 11.0. The van der Waals surface area contributed by atoms with E-state index in [1.807, 2.05) is 130 Å². The molecule has 11 rings (SSSR count). The molecule has 0 saturated heterocycles. The van der Waals surface area contributed by atoms with Gasteiger partial charge in [0.1, 0.15) is 106 Å². The number of terminal acetylenes is 3. The Bertz CT molecular complexity index is 7730. The van der Waals surface area contributed by atoms with E-state index in [1.54, 1.807) is 131 Å². The number of nitrogens with one attached hydrogen (secondary N) is 2. The Morgan fingerprint density at radius 2 is 0.785 bits per heavy atom. The van der Waals surface area contributed by atoms with E-state index in [2.05, 4.69) is 50.1 Å². The van der Waals surface area contributed by atoms with Gasteiger partial charge in [-0.25, -0.2) is 0 Å². The first-order valence-corrected chi connectivity index (χ1v) is 43.8. The van der Waals surface area contributed by atoms with Gasteiger partial charge in [-0.15, -0.1) is 19.3 Å². The predicted octanol–water partition coefficient (Wildman–Crippen LogP) is 20.3. The van der Waals surface area contributed by atoms with Crippen LogP contribution in [0.15, 0.2) is 284 Å². The third-order valence-electron chi connectivity index (χ3n) is 19.0. The Morgan fingerprint density at radius 3 is 1.19 bits per heavy atom. The molecule has 1 amide bonds. The number of allylic oxidation sites excluding steroid dienone is 10. The molecule has 0 aliphatic rings. The standard InChI is InChI=1S/C17H14N2O3.C16H10N4.C14H16BrNO.C13H11N3O.C11H8N2O.C11H9NO3.C11H7NO3.C11H9NO2S.C11H7NO2/c18-10-14(8-13-6-7-15(20)16(21)9-13)17(22)19-11-12-4-2-1-3-5-12;1-2-12(9-17)16(19)14(10-18)8-11-3-4-15-13(7-11)5-6-20-15;1-9(8-16)5-10-6-11(14(2,3)4)13(17)12(15)7-10;1-9(7-14)13(16)11(8-15)6-10-2-4-12(17)5-3-10;1-14-11-4-2-9(3-5-11)6-10(7-12)8-13;1-7(13)9(6-12)4-8-2-3-10(14)11(15)5-8;1-2-7(6-12)3-8-4-9(13)11(15)10(14)5-8;1-7(15)9(6-12)4-8-2-3-10(13)11(14)5-8;1-2-8(7-12)5-9-3-4-10(13)11(14)6-9/h1-9,20-21H,11H2,(H,19,22);1,3-8,20H,19H2;5-7,17H,1-4H3;2-6,17H,16H2,1H3;2-6H,1H3;2-5,14-15H,1H3;1,3-5,13-15H;2-5,13-14H,1H3;1,3-6,13-14H/b14-8+;14-8+,16-12+;9-5-;11-6+,13-9+;;9-4+;7-3-;9-4+;8-5-. The first kappa shape index (κ1) is 121. The van der Waals surface area contributed by atoms with E-state index < -0.39 is 23.2 Å². The number of hydrogen-bond acceptors (Lipinski definition) is 31. The molecule has 1 aromatic heterocycles. The number of aromatic amines is 1. The maximum Gasteiger partial charge on any atom is 0.262 e. The highest BCUT2D eigenvalue weighted by atomic mass is 79.9. The number of halogens is 1. The fraction of sp³-hybridized carbons (Fsp3) is 0.0870. The summed E-state index contributed by atoms with van der Waals surface area (Å²) < 4.78 is 5.63. The van der Waals surface area contributed by atoms with Gasteiger partial charge in [0.2, 0.25) is 0 Å². The second kappa shape index (κ2) is 62.1. The van der Waals surface area contributed by atoms with Crippen LogP contribution in [0.25, 0.3) is 65.6 Å². The van der Waals surface area contributed by atoms with Gasteiger partial charge in [0.25, 0.3) is 5.91 Å². The van der Waals surface area contributed by atoms with Gasteiger partial charge in [-0.2, -0.15) is 63.1 Å². The van der Waals surface area contributed by atoms with E-state index in [1.165, 1.54) is 122 Å². The predicted molar refractivity (Wildman–Crippen MR) is 571 cm³/mol. The lowest BCUT2D eigenvalue weighted by Gasteiger charge is -2.21. The number of phenolic OH excluding ortho intramolecular Hbond substituents is 13. The number of aromatic nitrogens is 1. The minimum absolute atomic E-state index is 0.0000831. The fourth-order valence-electron chi connectivity index (χ4n) is 11.2. The number of Topliss-reactive ketones (excluding diaryl/α,β-unsaturated/α-hetero) is 1. The number of rotatable bonds is 17. The van der Waals surface area contributed by atoms with E-state index in [-0.39, 0.29) is 125 Å². The molecule has 0 aliphatic carbocycles. The van der Waals surface area contributed by atoms with Gasteiger partial charge in [-0.05, 0) is 280 Å². The average molecular weight is 2070 g/mol. The first-order valence-electron chi connectivity index (χ1n) is 42.6. The summed E-state index contributed by atoms with van der Waals surface area (Å²) in [4.78, 5) is 26.5. The Hall–Kier alpha value is -22.0. The van der Waals surface area contributed by atoms with Gasteiger partial charge >= 0.3 is 0 Å². The van der Waals surface area contributed by atoms with Crippen molar-refractivity contribution in [3.8, 4) is 190 Å². The third kappa shape index (κ3) is 41.5. The van der Waals surface area contributed by atoms with E-state index in [4.69, 9.17) is 152 Å². The number of nitrogens with zero attached hydrogens (tertiary/aromatic N) is 12. The highest BCUT2D eigenvalue weighted by Gasteiger charge is 2.21. The van der Waals surface area contributed by atoms with Crippen LogP contribution in [0.4, 0.5) is 0 Å². The van der Waals surface area contributed by atoms with Crippen molar-refractivity contribution in [3.63, 3.8) is 0 Å². The van der Waals surface area contributed by atoms with Crippen molar-refractivity contribution in [3.05, 3.63) is 345 Å². The topological polar surface area (TPSA) is 672 Å². The smallest absolute Gasteiger partial charge is 0.262 e. The summed E-state index contributed by atoms with van der Waals surface area (Å²) in [5.74, 6) is 3.30. The lowest BCUT2D eigenvalue weighted by molar-refractivity contribution is -0.117. The van der Waals surface area contributed by atoms with Crippen LogP contribution < -0.4 is 21.5 Å². The molecule has 740 valence electrons. The fourth-order valence-corrected chi connectivity index (χ4v) is 11.8. The van der Waals surface area contributed by atoms with Gasteiger partial charge < -0.3 is 92.9 Å². The van der Waals surface area contributed by atoms with Crippen LogP contribution in [0.2, 0.25) is 0 Å². The average Bonchev–Trinajstić information content (AvgIpc) is 1.24. The van der Waals surface area contributed by atoms with Gasteiger partial charge in [0, 0.05) is 34.3 Å². The zero-order valence-corrected chi connectivity index (χ0v) is 83.0. The molecule has 32 nitrogen and oxygen atoms in total. The molecular formula is C115H91BrN16O16S. The molecule has 0 fully saturated rings. The Morgan fingerprint density at radius 1 is 0.396 bits per heavy atom. The summed E-state index contributed by atoms with van der Waals surface area (Å²) >= 11 is 8.21. The Labute approximate surface area is 873 Å². The number of methoxy groups -OCH3 is 1. The maximum absolute atomic E-state index is 12.0. The molecule has 0 spiro atoms. The zero-order chi connectivity index (χ0) is 112. The first-order chi connectivity index (χ1) is 70.7. The summed E-state index contributed by atoms with van der Waals surface area (Å²) in [7, 11) is 1.58. The molecule has 19 N–H and O–H groups in total. The molecule has 0 radical (unpaired) electrons. The number of nitriles is 12. The van der Waals surface area contributed by atoms with Crippen LogP contribution in [0, 0.1) is 173 Å². The van der Waals surface area contributed by atoms with Crippen LogP contribution in [0.3, 0.4) is 0 Å². The molecule has 0 atom stereocenters. The summed E-state index contributed by atoms with van der Waals surface area (Å²) in [5.41, 5.74) is 21.9. The highest BCUT2D eigenvalue weighted by Crippen LogP contribution is 2.39. The van der Waals surface area contributed by atoms with Crippen molar-refractivity contribution in [2.45, 2.75) is 60.4 Å². The van der Waals surface area contributed by atoms with Crippen molar-refractivity contribution in [1.82, 2.24) is 10.3 Å². The molecule has 10 aromatic carbocycles. The van der Waals surface area contributed by atoms with E-state index in [0.29, 0.717) is 60.4 Å². The van der Waals surface area contributed by atoms with Gasteiger partial charge in [-0.1, -0.05) is 136 Å². The molecule has 0 bridgehead atoms. The second-order valence-electron chi connectivity index (χ2n) is 30.9. The van der Waals surface area contributed by atoms with Crippen LogP contribution in [-0.2, 0) is 21.5 Å². The Balaban J connectivity index is 0.000000432. The number of fused-ring (bicyclic) bond motifs is 1. The summed E-state index contributed by atoms with van der Waals surface area (Å²) in [6.45, 7) is 12.7. The Kier molecular flexibility index (Phi) is 50.5. The van der Waals surface area contributed by atoms with Crippen LogP contribution >= 0.6 is 28.1 Å². The number of H-pyrrole nitrogens is 1. The number of benzene rings is 10. The van der Waals surface area contributed by atoms with Crippen molar-refractivity contribution in [2.24, 2.45) is 11.5 Å². The summed E-state index contributed by atoms with van der Waals surface area (Å²) in [5, 5.41) is 229. The third-order valence-corrected chi connectivity index (χ3v) is 19.8. The molecule has 1 heterocycles. The molecule has 149 heavy (non-hydrogen) atoms. The van der Waals surface area contributed by atoms with Crippen LogP contribution in [0.1, 0.15) is 110 Å². The number of carbonyl (C=O) groups excluding carboxylic acids is 2. The molecule has 0 unspecified atom stereocenters. The number of hydrogen-bond donors (Lipinski definition) is 17. The number of amides is 1. The highest BCUT2D eigenvalue weighted by molar-refractivity contribution is 9.10. The lowest BCUT2D eigenvalue weighted by atomic mass is 9.85. The van der Waals surface area contributed by atoms with Gasteiger partial charge in [-0.3, -0.25) is 9.59 Å². The molecule has 34 heteroatoms. The van der Waals surface area contributed by atoms with Gasteiger partial charge in [0.15, 0.2) is 69.0 Å². The molecule has 0 aliphatic heterocycles. The minimum atomic E-state index is -0.605. The van der Waals surface area contributed by atoms with Crippen molar-refractivity contribution < 1.29 is 80.7 Å². The number of ketones is 1. The number of thiocarbonyl (C=S) groups is 1.